The van der Waals surface area contributed by atoms with Gasteiger partial charge < -0.3 is 20.3 Å². The zero-order chi connectivity index (χ0) is 31.4. The first kappa shape index (κ1) is 30.8. The number of nitrogens with two attached hydrogens (primary N) is 1. The molecule has 1 aliphatic heterocycles. The summed E-state index contributed by atoms with van der Waals surface area (Å²) in [7, 11) is -2.91. The van der Waals surface area contributed by atoms with Gasteiger partial charge in [0.25, 0.3) is 0 Å². The Morgan fingerprint density at radius 2 is 1.77 bits per heavy atom. The molecule has 0 radical (unpaired) electrons. The zero-order valence-corrected chi connectivity index (χ0v) is 23.5. The van der Waals surface area contributed by atoms with E-state index in [0.717, 1.165) is 23.4 Å². The lowest BCUT2D eigenvalue weighted by Crippen LogP contribution is -2.41. The van der Waals surface area contributed by atoms with Crippen LogP contribution in [0.2, 0.25) is 0 Å². The van der Waals surface area contributed by atoms with E-state index < -0.39 is 49.8 Å². The summed E-state index contributed by atoms with van der Waals surface area (Å²) in [6.07, 6.45) is -5.34. The van der Waals surface area contributed by atoms with Gasteiger partial charge in [-0.05, 0) is 47.0 Å². The Balaban J connectivity index is 1.19. The quantitative estimate of drug-likeness (QED) is 0.130. The van der Waals surface area contributed by atoms with Crippen molar-refractivity contribution in [2.24, 2.45) is 0 Å². The van der Waals surface area contributed by atoms with Gasteiger partial charge in [-0.2, -0.15) is 13.8 Å². The number of hydrogen-bond acceptors (Lipinski definition) is 11. The summed E-state index contributed by atoms with van der Waals surface area (Å²) in [5, 5.41) is 21.7. The third-order valence-electron chi connectivity index (χ3n) is 6.57. The Hall–Kier alpha value is -4.66. The van der Waals surface area contributed by atoms with Crippen LogP contribution < -0.4 is 16.2 Å². The number of aliphatic hydroxyl groups is 1. The van der Waals surface area contributed by atoms with Crippen molar-refractivity contribution in [2.45, 2.75) is 31.0 Å². The molecule has 0 spiro atoms. The Bertz CT molecular complexity index is 1720. The van der Waals surface area contributed by atoms with Gasteiger partial charge in [-0.15, -0.1) is 9.05 Å². The topological polar surface area (TPSA) is 178 Å². The van der Waals surface area contributed by atoms with E-state index in [-0.39, 0.29) is 23.9 Å². The minimum atomic E-state index is -3.92. The lowest BCUT2D eigenvalue weighted by atomic mass is 10.1. The molecule has 1 aliphatic rings. The molecule has 1 fully saturated rings. The number of hydrogen-bond donors (Lipinski definition) is 2. The number of rotatable bonds is 11. The molecule has 0 bridgehead atoms. The highest BCUT2D eigenvalue weighted by molar-refractivity contribution is 7.33. The Morgan fingerprint density at radius 3 is 2.45 bits per heavy atom. The maximum absolute atomic E-state index is 14.7. The van der Waals surface area contributed by atoms with Crippen LogP contribution >= 0.6 is 8.25 Å². The number of aromatic nitrogens is 2. The molecule has 3 aromatic carbocycles. The van der Waals surface area contributed by atoms with Gasteiger partial charge in [0.15, 0.2) is 6.10 Å². The SMILES string of the molecule is Nc1ccn(C2OC(CO[P+](=O)OCc3ccc([N+](=O)[O-])c(Oc4ccc(-c5ccccc5)cc4)c3)C(O)C2(F)F)c(=O)n1. The highest BCUT2D eigenvalue weighted by Crippen LogP contribution is 2.43. The van der Waals surface area contributed by atoms with Crippen LogP contribution in [0.25, 0.3) is 11.1 Å². The van der Waals surface area contributed by atoms with E-state index in [4.69, 9.17) is 24.3 Å². The van der Waals surface area contributed by atoms with Crippen LogP contribution in [-0.2, 0) is 25.0 Å². The van der Waals surface area contributed by atoms with Crippen molar-refractivity contribution in [3.05, 3.63) is 111 Å². The summed E-state index contributed by atoms with van der Waals surface area (Å²) < 4.78 is 63.2. The number of nitro benzene ring substituents is 1. The zero-order valence-electron chi connectivity index (χ0n) is 22.6. The summed E-state index contributed by atoms with van der Waals surface area (Å²) >= 11 is 0. The minimum Gasteiger partial charge on any atom is -0.450 e. The van der Waals surface area contributed by atoms with Crippen LogP contribution in [0.4, 0.5) is 20.3 Å². The number of alkyl halides is 2. The normalized spacial score (nSPS) is 19.4. The van der Waals surface area contributed by atoms with Crippen molar-refractivity contribution >= 4 is 19.8 Å². The molecule has 3 N–H and O–H groups in total. The van der Waals surface area contributed by atoms with E-state index in [9.17, 15) is 33.4 Å². The first-order valence-corrected chi connectivity index (χ1v) is 14.0. The summed E-state index contributed by atoms with van der Waals surface area (Å²) in [4.78, 5) is 26.3. The maximum atomic E-state index is 14.7. The number of benzene rings is 3. The Morgan fingerprint density at radius 1 is 1.07 bits per heavy atom. The van der Waals surface area contributed by atoms with Gasteiger partial charge >= 0.3 is 25.6 Å². The van der Waals surface area contributed by atoms with Crippen molar-refractivity contribution in [1.82, 2.24) is 9.55 Å². The fourth-order valence-corrected chi connectivity index (χ4v) is 4.96. The minimum absolute atomic E-state index is 0.0946. The number of aliphatic hydroxyl groups excluding tert-OH is 1. The average molecular weight is 629 g/mol. The van der Waals surface area contributed by atoms with Crippen LogP contribution in [0.1, 0.15) is 11.8 Å². The van der Waals surface area contributed by atoms with E-state index in [1.807, 2.05) is 30.3 Å². The highest BCUT2D eigenvalue weighted by atomic mass is 31.1. The molecule has 5 rings (SSSR count). The van der Waals surface area contributed by atoms with E-state index in [1.165, 1.54) is 18.2 Å². The van der Waals surface area contributed by atoms with E-state index in [1.54, 1.807) is 24.3 Å². The largest absolute Gasteiger partial charge is 0.697 e. The van der Waals surface area contributed by atoms with Crippen LogP contribution in [0.3, 0.4) is 0 Å². The average Bonchev–Trinajstić information content (AvgIpc) is 3.23. The number of anilines is 1. The van der Waals surface area contributed by atoms with Crippen molar-refractivity contribution in [3.8, 4) is 22.6 Å². The summed E-state index contributed by atoms with van der Waals surface area (Å²) in [6, 6.07) is 21.5. The van der Waals surface area contributed by atoms with Crippen LogP contribution in [-0.4, -0.2) is 44.3 Å². The van der Waals surface area contributed by atoms with Gasteiger partial charge in [0.05, 0.1) is 4.92 Å². The summed E-state index contributed by atoms with van der Waals surface area (Å²) in [5.41, 5.74) is 6.18. The van der Waals surface area contributed by atoms with Crippen molar-refractivity contribution in [3.63, 3.8) is 0 Å². The monoisotopic (exact) mass is 629 g/mol. The molecule has 4 unspecified atom stereocenters. The number of ether oxygens (including phenoxy) is 2. The molecule has 16 heteroatoms. The van der Waals surface area contributed by atoms with Gasteiger partial charge in [-0.25, -0.2) is 4.79 Å². The molecule has 2 heterocycles. The van der Waals surface area contributed by atoms with Gasteiger partial charge in [0.2, 0.25) is 12.0 Å². The second kappa shape index (κ2) is 12.9. The third kappa shape index (κ3) is 6.77. The molecule has 44 heavy (non-hydrogen) atoms. The lowest BCUT2D eigenvalue weighted by molar-refractivity contribution is -0.385. The molecule has 13 nitrogen and oxygen atoms in total. The fourth-order valence-electron chi connectivity index (χ4n) is 4.36. The number of nitrogens with zero attached hydrogens (tertiary/aromatic N) is 3. The Labute approximate surface area is 248 Å². The summed E-state index contributed by atoms with van der Waals surface area (Å²) in [5.74, 6) is -3.86. The maximum Gasteiger partial charge on any atom is 0.697 e. The van der Waals surface area contributed by atoms with Gasteiger partial charge in [0, 0.05) is 16.8 Å². The molecule has 1 saturated heterocycles. The highest BCUT2D eigenvalue weighted by Gasteiger charge is 2.60. The second-order valence-corrected chi connectivity index (χ2v) is 10.5. The first-order chi connectivity index (χ1) is 21.0. The smallest absolute Gasteiger partial charge is 0.450 e. The van der Waals surface area contributed by atoms with E-state index >= 15 is 0 Å². The lowest BCUT2D eigenvalue weighted by Gasteiger charge is -2.20. The van der Waals surface area contributed by atoms with Gasteiger partial charge in [-0.3, -0.25) is 14.7 Å². The molecule has 0 amide bonds. The van der Waals surface area contributed by atoms with Gasteiger partial charge in [-0.1, -0.05) is 42.5 Å². The molecule has 1 aromatic heterocycles. The van der Waals surface area contributed by atoms with Crippen LogP contribution in [0.5, 0.6) is 11.5 Å². The third-order valence-corrected chi connectivity index (χ3v) is 7.27. The van der Waals surface area contributed by atoms with Crippen LogP contribution in [0.15, 0.2) is 89.9 Å². The van der Waals surface area contributed by atoms with Crippen molar-refractivity contribution < 1.29 is 41.9 Å². The predicted octanol–water partition coefficient (Wildman–Crippen LogP) is 4.98. The molecular weight excluding hydrogens is 605 g/mol. The van der Waals surface area contributed by atoms with E-state index in [2.05, 4.69) is 4.98 Å². The molecule has 4 aromatic rings. The predicted molar refractivity (Wildman–Crippen MR) is 151 cm³/mol. The second-order valence-electron chi connectivity index (χ2n) is 9.53. The van der Waals surface area contributed by atoms with Gasteiger partial charge in [0.1, 0.15) is 30.9 Å². The standard InChI is InChI=1S/C28H23F2N4O9P/c29-28(30)25(35)23(43-26(28)33-13-12-24(31)32-27(33)36)16-41-44(39)40-15-17-6-11-21(34(37)38)22(14-17)42-20-9-7-19(8-10-20)18-4-2-1-3-5-18/h1-14,23,25-26,35H,15-16H2,(H-,31,32,36)/p+1. The van der Waals surface area contributed by atoms with Crippen LogP contribution in [0, 0.1) is 10.1 Å². The molecule has 0 aliphatic carbocycles. The molecule has 228 valence electrons. The first-order valence-electron chi connectivity index (χ1n) is 12.9. The van der Waals surface area contributed by atoms with Crippen molar-refractivity contribution in [2.75, 3.05) is 12.3 Å². The molecule has 0 saturated carbocycles. The molecular formula is C28H24F2N4O9P+. The number of halogens is 2. The summed E-state index contributed by atoms with van der Waals surface area (Å²) in [6.45, 7) is -1.12. The van der Waals surface area contributed by atoms with Crippen molar-refractivity contribution in [1.29, 1.82) is 0 Å². The fraction of sp³-hybridized carbons (Fsp3) is 0.214. The molecule has 4 atom stereocenters. The number of nitrogen functional groups attached to an aromatic ring is 1. The number of nitro groups is 1. The Kier molecular flexibility index (Phi) is 9.04. The van der Waals surface area contributed by atoms with E-state index in [0.29, 0.717) is 15.9 Å².